The van der Waals surface area contributed by atoms with Crippen molar-refractivity contribution in [2.75, 3.05) is 6.54 Å². The van der Waals surface area contributed by atoms with Gasteiger partial charge in [-0.25, -0.2) is 0 Å². The van der Waals surface area contributed by atoms with E-state index in [0.717, 1.165) is 6.54 Å². The summed E-state index contributed by atoms with van der Waals surface area (Å²) in [5.41, 5.74) is 2.50. The van der Waals surface area contributed by atoms with E-state index in [2.05, 4.69) is 44.9 Å². The molecule has 0 radical (unpaired) electrons. The maximum atomic E-state index is 3.40. The number of hydrogen-bond donors (Lipinski definition) is 1. The van der Waals surface area contributed by atoms with Crippen LogP contribution in [0.5, 0.6) is 0 Å². The van der Waals surface area contributed by atoms with E-state index in [1.165, 1.54) is 31.0 Å². The Kier molecular flexibility index (Phi) is 7.96. The van der Waals surface area contributed by atoms with Crippen molar-refractivity contribution in [2.24, 2.45) is 0 Å². The Balaban J connectivity index is 3.90. The van der Waals surface area contributed by atoms with Crippen LogP contribution in [-0.2, 0) is 0 Å². The monoisotopic (exact) mass is 213 g/mol. The lowest BCUT2D eigenvalue weighted by Gasteiger charge is -2.23. The van der Waals surface area contributed by atoms with Crippen molar-refractivity contribution in [3.05, 3.63) is 11.9 Å². The molecule has 0 bridgehead atoms. The van der Waals surface area contributed by atoms with Gasteiger partial charge in [0.2, 0.25) is 0 Å². The zero-order valence-electron chi connectivity index (χ0n) is 10.4. The number of unbranched alkanes of at least 4 members (excludes halogenated alkanes) is 1. The average molecular weight is 213 g/mol. The van der Waals surface area contributed by atoms with Crippen LogP contribution in [0.2, 0.25) is 18.1 Å². The molecule has 0 atom stereocenters. The lowest BCUT2D eigenvalue weighted by Crippen LogP contribution is -2.29. The minimum atomic E-state index is -1.02. The molecule has 1 N–H and O–H groups in total. The zero-order chi connectivity index (χ0) is 10.9. The summed E-state index contributed by atoms with van der Waals surface area (Å²) < 4.78 is 0. The fourth-order valence-corrected chi connectivity index (χ4v) is 4.38. The molecular weight excluding hydrogens is 186 g/mol. The molecule has 0 heterocycles. The molecule has 0 aliphatic heterocycles. The van der Waals surface area contributed by atoms with Crippen molar-refractivity contribution in [3.63, 3.8) is 0 Å². The Hall–Kier alpha value is -0.243. The minimum Gasteiger partial charge on any atom is -0.391 e. The normalized spacial score (nSPS) is 12.3. The van der Waals surface area contributed by atoms with Gasteiger partial charge in [0.25, 0.3) is 0 Å². The van der Waals surface area contributed by atoms with E-state index in [1.54, 1.807) is 0 Å². The van der Waals surface area contributed by atoms with Crippen molar-refractivity contribution in [2.45, 2.75) is 58.7 Å². The summed E-state index contributed by atoms with van der Waals surface area (Å²) in [5, 5.41) is 3.40. The van der Waals surface area contributed by atoms with Gasteiger partial charge in [0.15, 0.2) is 0 Å². The topological polar surface area (TPSA) is 12.0 Å². The molecule has 0 saturated carbocycles. The molecule has 0 fully saturated rings. The summed E-state index contributed by atoms with van der Waals surface area (Å²) in [7, 11) is -1.02. The molecule has 0 aliphatic carbocycles. The highest BCUT2D eigenvalue weighted by molar-refractivity contribution is 6.84. The first-order valence-electron chi connectivity index (χ1n) is 6.15. The fourth-order valence-electron chi connectivity index (χ4n) is 1.70. The van der Waals surface area contributed by atoms with Crippen molar-refractivity contribution in [1.29, 1.82) is 0 Å². The van der Waals surface area contributed by atoms with Gasteiger partial charge in [-0.1, -0.05) is 57.9 Å². The molecule has 84 valence electrons. The smallest absolute Gasteiger partial charge is 0.0788 e. The highest BCUT2D eigenvalue weighted by atomic mass is 28.3. The molecule has 0 amide bonds. The minimum absolute atomic E-state index is 1.02. The van der Waals surface area contributed by atoms with Crippen LogP contribution in [0.15, 0.2) is 11.9 Å². The highest BCUT2D eigenvalue weighted by Gasteiger charge is 2.22. The summed E-state index contributed by atoms with van der Waals surface area (Å²) in [6.07, 6.45) is 4.78. The predicted molar refractivity (Wildman–Crippen MR) is 69.2 cm³/mol. The maximum absolute atomic E-state index is 3.40. The molecule has 0 aliphatic rings. The SMILES string of the molecule is CCCCNC=C[Si](CC)(CC)CC. The predicted octanol–water partition coefficient (Wildman–Crippen LogP) is 3.94. The first-order valence-corrected chi connectivity index (χ1v) is 8.85. The number of rotatable bonds is 8. The second kappa shape index (κ2) is 8.10. The van der Waals surface area contributed by atoms with Crippen LogP contribution in [0.4, 0.5) is 0 Å². The Morgan fingerprint density at radius 3 is 2.00 bits per heavy atom. The van der Waals surface area contributed by atoms with Gasteiger partial charge in [-0.2, -0.15) is 0 Å². The molecule has 0 aromatic heterocycles. The van der Waals surface area contributed by atoms with Crippen LogP contribution in [0, 0.1) is 0 Å². The summed E-state index contributed by atoms with van der Waals surface area (Å²) in [6.45, 7) is 10.4. The van der Waals surface area contributed by atoms with Crippen LogP contribution in [0.3, 0.4) is 0 Å². The van der Waals surface area contributed by atoms with E-state index in [0.29, 0.717) is 0 Å². The van der Waals surface area contributed by atoms with E-state index < -0.39 is 8.07 Å². The second-order valence-electron chi connectivity index (χ2n) is 4.06. The molecule has 0 aromatic carbocycles. The third-order valence-electron chi connectivity index (χ3n) is 3.34. The standard InChI is InChI=1S/C12H27NSi/c1-5-9-10-13-11-12-14(6-2,7-3)8-4/h11-13H,5-10H2,1-4H3. The van der Waals surface area contributed by atoms with Gasteiger partial charge in [0.1, 0.15) is 0 Å². The van der Waals surface area contributed by atoms with Gasteiger partial charge in [-0.05, 0) is 12.6 Å². The van der Waals surface area contributed by atoms with Crippen molar-refractivity contribution in [1.82, 2.24) is 5.32 Å². The molecule has 0 aromatic rings. The van der Waals surface area contributed by atoms with Crippen LogP contribution in [0.1, 0.15) is 40.5 Å². The zero-order valence-corrected chi connectivity index (χ0v) is 11.4. The highest BCUT2D eigenvalue weighted by Crippen LogP contribution is 2.20. The largest absolute Gasteiger partial charge is 0.391 e. The summed E-state index contributed by atoms with van der Waals surface area (Å²) >= 11 is 0. The van der Waals surface area contributed by atoms with Gasteiger partial charge < -0.3 is 5.32 Å². The maximum Gasteiger partial charge on any atom is 0.0788 e. The molecule has 2 heteroatoms. The summed E-state index contributed by atoms with van der Waals surface area (Å²) in [5.74, 6) is 0. The Bertz CT molecular complexity index is 142. The van der Waals surface area contributed by atoms with Crippen LogP contribution in [-0.4, -0.2) is 14.6 Å². The molecule has 0 spiro atoms. The lowest BCUT2D eigenvalue weighted by atomic mass is 10.3. The lowest BCUT2D eigenvalue weighted by molar-refractivity contribution is 0.735. The number of hydrogen-bond acceptors (Lipinski definition) is 1. The summed E-state index contributed by atoms with van der Waals surface area (Å²) in [4.78, 5) is 0. The Labute approximate surface area is 91.0 Å². The quantitative estimate of drug-likeness (QED) is 0.476. The molecule has 0 saturated heterocycles. The molecule has 0 unspecified atom stereocenters. The van der Waals surface area contributed by atoms with E-state index in [-0.39, 0.29) is 0 Å². The van der Waals surface area contributed by atoms with Crippen molar-refractivity contribution >= 4 is 8.07 Å². The van der Waals surface area contributed by atoms with Gasteiger partial charge in [0.05, 0.1) is 8.07 Å². The van der Waals surface area contributed by atoms with Crippen LogP contribution in [0.25, 0.3) is 0 Å². The van der Waals surface area contributed by atoms with E-state index in [4.69, 9.17) is 0 Å². The van der Waals surface area contributed by atoms with Crippen LogP contribution >= 0.6 is 0 Å². The molecule has 1 nitrogen and oxygen atoms in total. The van der Waals surface area contributed by atoms with Crippen molar-refractivity contribution in [3.8, 4) is 0 Å². The first-order chi connectivity index (χ1) is 6.74. The molecule has 0 rings (SSSR count). The van der Waals surface area contributed by atoms with Gasteiger partial charge in [0, 0.05) is 6.54 Å². The van der Waals surface area contributed by atoms with Gasteiger partial charge in [-0.3, -0.25) is 0 Å². The van der Waals surface area contributed by atoms with Crippen molar-refractivity contribution < 1.29 is 0 Å². The van der Waals surface area contributed by atoms with E-state index >= 15 is 0 Å². The Morgan fingerprint density at radius 2 is 1.57 bits per heavy atom. The molecule has 14 heavy (non-hydrogen) atoms. The van der Waals surface area contributed by atoms with Gasteiger partial charge in [-0.15, -0.1) is 0 Å². The second-order valence-corrected chi connectivity index (χ2v) is 9.24. The Morgan fingerprint density at radius 1 is 1.00 bits per heavy atom. The van der Waals surface area contributed by atoms with Gasteiger partial charge >= 0.3 is 0 Å². The summed E-state index contributed by atoms with van der Waals surface area (Å²) in [6, 6.07) is 4.14. The first kappa shape index (κ1) is 13.8. The third-order valence-corrected chi connectivity index (χ3v) is 8.44. The van der Waals surface area contributed by atoms with E-state index in [9.17, 15) is 0 Å². The average Bonchev–Trinajstić information content (AvgIpc) is 2.24. The third kappa shape index (κ3) is 4.84. The number of nitrogens with one attached hydrogen (secondary N) is 1. The fraction of sp³-hybridized carbons (Fsp3) is 0.833. The van der Waals surface area contributed by atoms with E-state index in [1.807, 2.05) is 0 Å². The molecular formula is C12H27NSi. The van der Waals surface area contributed by atoms with Crippen LogP contribution < -0.4 is 5.32 Å².